The van der Waals surface area contributed by atoms with Crippen LogP contribution in [0, 0.1) is 0 Å². The van der Waals surface area contributed by atoms with E-state index in [9.17, 15) is 35.7 Å². The molecule has 0 saturated carbocycles. The second-order valence-corrected chi connectivity index (χ2v) is 13.6. The summed E-state index contributed by atoms with van der Waals surface area (Å²) in [4.78, 5) is 0. The number of hydrogen-bond donors (Lipinski definition) is 7. The van der Waals surface area contributed by atoms with E-state index in [-0.39, 0.29) is 19.8 Å². The van der Waals surface area contributed by atoms with Crippen LogP contribution in [-0.2, 0) is 57.7 Å². The number of aliphatic hydroxyl groups is 7. The summed E-state index contributed by atoms with van der Waals surface area (Å²) >= 11 is 0. The first-order chi connectivity index (χ1) is 26.2. The minimum Gasteiger partial charge on any atom is -0.394 e. The summed E-state index contributed by atoms with van der Waals surface area (Å²) < 4.78 is 49.7. The van der Waals surface area contributed by atoms with E-state index in [1.807, 2.05) is 91.0 Å². The number of rotatable bonds is 15. The molecule has 3 heterocycles. The molecule has 54 heavy (non-hydrogen) atoms. The van der Waals surface area contributed by atoms with Crippen molar-refractivity contribution in [1.82, 2.24) is 0 Å². The Morgan fingerprint density at radius 1 is 0.463 bits per heavy atom. The Hall–Kier alpha value is -2.94. The molecule has 0 amide bonds. The van der Waals surface area contributed by atoms with Gasteiger partial charge in [0.1, 0.15) is 67.1 Å². The second kappa shape index (κ2) is 19.3. The van der Waals surface area contributed by atoms with Gasteiger partial charge >= 0.3 is 0 Å². The zero-order chi connectivity index (χ0) is 38.2. The van der Waals surface area contributed by atoms with Crippen molar-refractivity contribution in [3.05, 3.63) is 108 Å². The van der Waals surface area contributed by atoms with Gasteiger partial charge in [0.2, 0.25) is 0 Å². The lowest BCUT2D eigenvalue weighted by molar-refractivity contribution is -0.390. The number of aliphatic hydroxyl groups excluding tert-OH is 7. The molecule has 15 nitrogen and oxygen atoms in total. The Bertz CT molecular complexity index is 1520. The van der Waals surface area contributed by atoms with Crippen LogP contribution in [0.15, 0.2) is 91.0 Å². The van der Waals surface area contributed by atoms with Crippen molar-refractivity contribution in [2.24, 2.45) is 0 Å². The molecule has 3 aromatic carbocycles. The molecule has 15 atom stereocenters. The molecule has 3 aliphatic heterocycles. The molecule has 3 aliphatic rings. The first kappa shape index (κ1) is 40.7. The van der Waals surface area contributed by atoms with Crippen LogP contribution in [0.5, 0.6) is 0 Å². The molecule has 296 valence electrons. The summed E-state index contributed by atoms with van der Waals surface area (Å²) in [5.74, 6) is 0. The van der Waals surface area contributed by atoms with Crippen LogP contribution >= 0.6 is 0 Å². The first-order valence-corrected chi connectivity index (χ1v) is 18.0. The van der Waals surface area contributed by atoms with Gasteiger partial charge in [-0.05, 0) is 23.6 Å². The van der Waals surface area contributed by atoms with Crippen molar-refractivity contribution in [2.45, 2.75) is 119 Å². The Kier molecular flexibility index (Phi) is 14.5. The van der Waals surface area contributed by atoms with Crippen molar-refractivity contribution < 1.29 is 73.6 Å². The molecule has 15 heteroatoms. The van der Waals surface area contributed by atoms with Gasteiger partial charge in [0, 0.05) is 0 Å². The third-order valence-electron chi connectivity index (χ3n) is 9.83. The first-order valence-electron chi connectivity index (χ1n) is 18.0. The van der Waals surface area contributed by atoms with E-state index >= 15 is 0 Å². The van der Waals surface area contributed by atoms with Gasteiger partial charge in [0.25, 0.3) is 0 Å². The molecule has 6 rings (SSSR count). The zero-order valence-corrected chi connectivity index (χ0v) is 29.8. The number of hydrogen-bond acceptors (Lipinski definition) is 15. The van der Waals surface area contributed by atoms with Gasteiger partial charge in [-0.25, -0.2) is 0 Å². The average Bonchev–Trinajstić information content (AvgIpc) is 3.20. The second-order valence-electron chi connectivity index (χ2n) is 13.6. The highest BCUT2D eigenvalue weighted by Gasteiger charge is 2.54. The van der Waals surface area contributed by atoms with Gasteiger partial charge < -0.3 is 73.6 Å². The van der Waals surface area contributed by atoms with Gasteiger partial charge in [-0.2, -0.15) is 0 Å². The van der Waals surface area contributed by atoms with Crippen LogP contribution in [0.2, 0.25) is 0 Å². The maximum absolute atomic E-state index is 11.5. The van der Waals surface area contributed by atoms with Crippen molar-refractivity contribution >= 4 is 0 Å². The largest absolute Gasteiger partial charge is 0.394 e. The monoisotopic (exact) mass is 758 g/mol. The van der Waals surface area contributed by atoms with Gasteiger partial charge in [-0.15, -0.1) is 0 Å². The van der Waals surface area contributed by atoms with E-state index in [1.54, 1.807) is 6.92 Å². The minimum atomic E-state index is -1.82. The highest BCUT2D eigenvalue weighted by molar-refractivity contribution is 5.16. The topological polar surface area (TPSA) is 215 Å². The van der Waals surface area contributed by atoms with Gasteiger partial charge in [0.05, 0.1) is 39.1 Å². The maximum atomic E-state index is 11.5. The summed E-state index contributed by atoms with van der Waals surface area (Å²) in [5, 5.41) is 73.6. The predicted octanol–water partition coefficient (Wildman–Crippen LogP) is 0.128. The zero-order valence-electron chi connectivity index (χ0n) is 29.8. The van der Waals surface area contributed by atoms with Crippen molar-refractivity contribution in [2.75, 3.05) is 13.2 Å². The molecule has 0 bridgehead atoms. The van der Waals surface area contributed by atoms with E-state index in [2.05, 4.69) is 0 Å². The minimum absolute atomic E-state index is 0.0998. The van der Waals surface area contributed by atoms with Crippen molar-refractivity contribution in [1.29, 1.82) is 0 Å². The fourth-order valence-electron chi connectivity index (χ4n) is 6.83. The molecule has 0 aliphatic carbocycles. The Morgan fingerprint density at radius 2 is 0.907 bits per heavy atom. The van der Waals surface area contributed by atoms with Crippen LogP contribution in [-0.4, -0.2) is 141 Å². The SMILES string of the molecule is C[C@@H]1O[C@@H](O[C@H]2[C@H](O[C@H]3[C@H](O)[C@@H](O)C(O)O[C@@H]3CO)O[C@H](CO)[C@H](O)[C@@H]2O)[C@@H](OCc2ccccc2)[C@H](OCc2ccccc2)[C@@H]1OCc1ccccc1. The summed E-state index contributed by atoms with van der Waals surface area (Å²) in [6.45, 7) is 0.833. The van der Waals surface area contributed by atoms with Crippen molar-refractivity contribution in [3.63, 3.8) is 0 Å². The number of benzene rings is 3. The smallest absolute Gasteiger partial charge is 0.187 e. The molecule has 3 saturated heterocycles. The van der Waals surface area contributed by atoms with Crippen LogP contribution < -0.4 is 0 Å². The van der Waals surface area contributed by atoms with Crippen molar-refractivity contribution in [3.8, 4) is 0 Å². The van der Waals surface area contributed by atoms with Crippen LogP contribution in [0.4, 0.5) is 0 Å². The third-order valence-corrected chi connectivity index (χ3v) is 9.83. The molecular weight excluding hydrogens is 708 g/mol. The fraction of sp³-hybridized carbons (Fsp3) is 0.538. The van der Waals surface area contributed by atoms with E-state index in [0.29, 0.717) is 0 Å². The normalized spacial score (nSPS) is 37.2. The molecule has 3 aromatic rings. The van der Waals surface area contributed by atoms with E-state index < -0.39 is 105 Å². The number of ether oxygens (including phenoxy) is 8. The van der Waals surface area contributed by atoms with Gasteiger partial charge in [-0.1, -0.05) is 91.0 Å². The van der Waals surface area contributed by atoms with E-state index in [1.165, 1.54) is 0 Å². The molecule has 0 aromatic heterocycles. The average molecular weight is 759 g/mol. The summed E-state index contributed by atoms with van der Waals surface area (Å²) in [5.41, 5.74) is 2.65. The predicted molar refractivity (Wildman–Crippen MR) is 187 cm³/mol. The van der Waals surface area contributed by atoms with E-state index in [4.69, 9.17) is 37.9 Å². The quantitative estimate of drug-likeness (QED) is 0.110. The van der Waals surface area contributed by atoms with Gasteiger partial charge in [0.15, 0.2) is 18.9 Å². The van der Waals surface area contributed by atoms with Crippen LogP contribution in [0.25, 0.3) is 0 Å². The lowest BCUT2D eigenvalue weighted by Gasteiger charge is -2.49. The lowest BCUT2D eigenvalue weighted by atomic mass is 9.96. The van der Waals surface area contributed by atoms with E-state index in [0.717, 1.165) is 16.7 Å². The highest BCUT2D eigenvalue weighted by atomic mass is 16.8. The fourth-order valence-corrected chi connectivity index (χ4v) is 6.83. The third kappa shape index (κ3) is 9.70. The van der Waals surface area contributed by atoms with Crippen LogP contribution in [0.1, 0.15) is 23.6 Å². The Balaban J connectivity index is 1.32. The maximum Gasteiger partial charge on any atom is 0.187 e. The Morgan fingerprint density at radius 3 is 1.43 bits per heavy atom. The lowest BCUT2D eigenvalue weighted by Crippen LogP contribution is -2.67. The molecule has 3 fully saturated rings. The highest BCUT2D eigenvalue weighted by Crippen LogP contribution is 2.35. The molecule has 0 spiro atoms. The van der Waals surface area contributed by atoms with Crippen LogP contribution in [0.3, 0.4) is 0 Å². The molecule has 1 unspecified atom stereocenters. The summed E-state index contributed by atoms with van der Waals surface area (Å²) in [6, 6.07) is 28.6. The molecular formula is C39H50O15. The molecule has 0 radical (unpaired) electrons. The van der Waals surface area contributed by atoms with Gasteiger partial charge in [-0.3, -0.25) is 0 Å². The standard InChI is InChI=1S/C39H50O15/c1-22-32(47-19-23-11-5-2-6-12-23)35(48-20-24-13-7-3-8-14-24)36(49-21-25-15-9-4-10-16-25)39(50-22)54-34-29(43)28(42)26(17-40)52-38(34)53-33-27(18-41)51-37(46)31(45)30(33)44/h2-16,22,26-46H,17-21H2,1H3/t22-,26+,27+,28-,29-,30+,31+,32+,33+,34+,35+,36-,37?,38-,39-/m0/s1. The summed E-state index contributed by atoms with van der Waals surface area (Å²) in [6.07, 6.45) is -20.8. The summed E-state index contributed by atoms with van der Waals surface area (Å²) in [7, 11) is 0. The molecule has 7 N–H and O–H groups in total. The Labute approximate surface area is 313 Å².